The molecule has 7 nitrogen and oxygen atoms in total. The average Bonchev–Trinajstić information content (AvgIpc) is 2.32. The molecule has 1 fully saturated rings. The number of aliphatic hydroxyl groups excluding tert-OH is 1. The molecular weight excluding hydrogens is 274 g/mol. The summed E-state index contributed by atoms with van der Waals surface area (Å²) in [5.74, 6) is 1.54. The van der Waals surface area contributed by atoms with Crippen molar-refractivity contribution in [3.8, 4) is 0 Å². The number of nitrogens with zero attached hydrogens (tertiary/aromatic N) is 1. The van der Waals surface area contributed by atoms with E-state index in [1.54, 1.807) is 0 Å². The smallest absolute Gasteiger partial charge is 0.264 e. The highest BCUT2D eigenvalue weighted by atomic mass is 32.2. The molecule has 1 aliphatic rings. The summed E-state index contributed by atoms with van der Waals surface area (Å²) in [4.78, 5) is 10.3. The van der Waals surface area contributed by atoms with Gasteiger partial charge in [-0.15, -0.1) is 0 Å². The molecule has 0 aromatic carbocycles. The van der Waals surface area contributed by atoms with Crippen LogP contribution in [0.15, 0.2) is 5.70 Å². The lowest BCUT2D eigenvalue weighted by Gasteiger charge is -2.27. The van der Waals surface area contributed by atoms with Crippen LogP contribution in [-0.4, -0.2) is 55.2 Å². The van der Waals surface area contributed by atoms with E-state index in [2.05, 4.69) is 6.92 Å². The van der Waals surface area contributed by atoms with Crippen LogP contribution >= 0.6 is 0 Å². The number of hydroxylamine groups is 2. The summed E-state index contributed by atoms with van der Waals surface area (Å²) in [6, 6.07) is 0. The SMILES string of the molecule is CCCCO.CS(=O)(=O)OC1CCN(O)C(=C=O)C1. The van der Waals surface area contributed by atoms with Crippen LogP contribution < -0.4 is 0 Å². The zero-order chi connectivity index (χ0) is 14.9. The first kappa shape index (κ1) is 18.1. The average molecular weight is 295 g/mol. The molecule has 0 aliphatic carbocycles. The third-order valence-electron chi connectivity index (χ3n) is 2.34. The second-order valence-electron chi connectivity index (χ2n) is 4.16. The maximum atomic E-state index is 10.8. The normalized spacial score (nSPS) is 19.5. The molecule has 2 N–H and O–H groups in total. The van der Waals surface area contributed by atoms with E-state index in [1.807, 2.05) is 0 Å². The summed E-state index contributed by atoms with van der Waals surface area (Å²) in [6.45, 7) is 2.57. The summed E-state index contributed by atoms with van der Waals surface area (Å²) in [7, 11) is -3.52. The summed E-state index contributed by atoms with van der Waals surface area (Å²) < 4.78 is 26.2. The fourth-order valence-electron chi connectivity index (χ4n) is 1.41. The molecule has 0 amide bonds. The molecule has 1 rings (SSSR count). The molecule has 0 saturated carbocycles. The molecule has 0 aromatic heterocycles. The Morgan fingerprint density at radius 1 is 1.53 bits per heavy atom. The minimum atomic E-state index is -3.52. The van der Waals surface area contributed by atoms with Gasteiger partial charge in [0.15, 0.2) is 0 Å². The van der Waals surface area contributed by atoms with Crippen LogP contribution in [0.1, 0.15) is 32.6 Å². The first-order valence-corrected chi connectivity index (χ1v) is 7.85. The molecule has 1 atom stereocenters. The maximum Gasteiger partial charge on any atom is 0.264 e. The van der Waals surface area contributed by atoms with E-state index in [1.165, 1.54) is 5.94 Å². The highest BCUT2D eigenvalue weighted by molar-refractivity contribution is 7.86. The number of rotatable bonds is 4. The first-order valence-electron chi connectivity index (χ1n) is 6.03. The lowest BCUT2D eigenvalue weighted by Crippen LogP contribution is -2.34. The molecule has 1 unspecified atom stereocenters. The van der Waals surface area contributed by atoms with E-state index in [0.717, 1.165) is 24.2 Å². The number of aliphatic hydroxyl groups is 1. The van der Waals surface area contributed by atoms with E-state index < -0.39 is 16.2 Å². The minimum absolute atomic E-state index is 0.0184. The van der Waals surface area contributed by atoms with E-state index in [4.69, 9.17) is 14.5 Å². The third kappa shape index (κ3) is 8.74. The number of unbranched alkanes of at least 4 members (excludes halogenated alkanes) is 1. The largest absolute Gasteiger partial charge is 0.396 e. The number of hydrogen-bond donors (Lipinski definition) is 2. The van der Waals surface area contributed by atoms with Crippen LogP contribution in [0.3, 0.4) is 0 Å². The van der Waals surface area contributed by atoms with Crippen LogP contribution in [0, 0.1) is 0 Å². The van der Waals surface area contributed by atoms with E-state index >= 15 is 0 Å². The Morgan fingerprint density at radius 2 is 2.16 bits per heavy atom. The molecule has 1 aliphatic heterocycles. The minimum Gasteiger partial charge on any atom is -0.396 e. The van der Waals surface area contributed by atoms with Crippen molar-refractivity contribution in [3.63, 3.8) is 0 Å². The van der Waals surface area contributed by atoms with Crippen molar-refractivity contribution in [1.82, 2.24) is 5.06 Å². The second-order valence-corrected chi connectivity index (χ2v) is 5.76. The van der Waals surface area contributed by atoms with Gasteiger partial charge in [0, 0.05) is 19.6 Å². The summed E-state index contributed by atoms with van der Waals surface area (Å²) in [5.41, 5.74) is 0.0184. The molecule has 19 heavy (non-hydrogen) atoms. The van der Waals surface area contributed by atoms with Gasteiger partial charge in [-0.25, -0.2) is 9.86 Å². The standard InChI is InChI=1S/C7H11NO5S.C4H10O/c1-14(11,12)13-7-2-3-8(10)6(4-7)5-9;1-2-3-4-5/h7,10H,2-4H2,1H3;5H,2-4H2,1H3. The van der Waals surface area contributed by atoms with Crippen molar-refractivity contribution in [3.05, 3.63) is 5.70 Å². The van der Waals surface area contributed by atoms with Gasteiger partial charge in [-0.3, -0.25) is 9.39 Å². The fraction of sp³-hybridized carbons (Fsp3) is 0.818. The van der Waals surface area contributed by atoms with Gasteiger partial charge in [-0.05, 0) is 12.8 Å². The molecule has 112 valence electrons. The summed E-state index contributed by atoms with van der Waals surface area (Å²) in [5, 5.41) is 17.9. The molecule has 0 radical (unpaired) electrons. The lowest BCUT2D eigenvalue weighted by molar-refractivity contribution is -0.0816. The van der Waals surface area contributed by atoms with Gasteiger partial charge in [0.2, 0.25) is 0 Å². The third-order valence-corrected chi connectivity index (χ3v) is 2.96. The number of carbonyl (C=O) groups excluding carboxylic acids is 1. The number of hydrogen-bond acceptors (Lipinski definition) is 7. The van der Waals surface area contributed by atoms with Crippen LogP contribution in [-0.2, 0) is 19.1 Å². The molecule has 0 aromatic rings. The summed E-state index contributed by atoms with van der Waals surface area (Å²) >= 11 is 0. The van der Waals surface area contributed by atoms with Crippen molar-refractivity contribution in [2.75, 3.05) is 19.4 Å². The zero-order valence-electron chi connectivity index (χ0n) is 11.2. The van der Waals surface area contributed by atoms with Gasteiger partial charge in [-0.1, -0.05) is 13.3 Å². The van der Waals surface area contributed by atoms with Gasteiger partial charge >= 0.3 is 0 Å². The Hall–Kier alpha value is -0.920. The number of piperidine rings is 1. The van der Waals surface area contributed by atoms with Gasteiger partial charge in [0.05, 0.1) is 12.4 Å². The van der Waals surface area contributed by atoms with Gasteiger partial charge < -0.3 is 5.11 Å². The predicted molar refractivity (Wildman–Crippen MR) is 68.6 cm³/mol. The van der Waals surface area contributed by atoms with Crippen molar-refractivity contribution in [1.29, 1.82) is 0 Å². The summed E-state index contributed by atoms with van der Waals surface area (Å²) in [6.07, 6.45) is 2.82. The van der Waals surface area contributed by atoms with Crippen LogP contribution in [0.25, 0.3) is 0 Å². The second kappa shape index (κ2) is 9.06. The fourth-order valence-corrected chi connectivity index (χ4v) is 2.06. The van der Waals surface area contributed by atoms with Gasteiger partial charge in [0.25, 0.3) is 10.1 Å². The van der Waals surface area contributed by atoms with E-state index in [0.29, 0.717) is 13.0 Å². The van der Waals surface area contributed by atoms with Crippen LogP contribution in [0.2, 0.25) is 0 Å². The topological polar surface area (TPSA) is 104 Å². The first-order chi connectivity index (χ1) is 8.84. The highest BCUT2D eigenvalue weighted by Crippen LogP contribution is 2.20. The van der Waals surface area contributed by atoms with Crippen LogP contribution in [0.5, 0.6) is 0 Å². The Kier molecular flexibility index (Phi) is 8.62. The lowest BCUT2D eigenvalue weighted by atomic mass is 10.1. The zero-order valence-corrected chi connectivity index (χ0v) is 12.0. The Bertz CT molecular complexity index is 399. The quantitative estimate of drug-likeness (QED) is 0.568. The Labute approximate surface area is 113 Å². The van der Waals surface area contributed by atoms with Crippen molar-refractivity contribution >= 4 is 16.1 Å². The molecule has 1 heterocycles. The molecular formula is C11H21NO6S. The van der Waals surface area contributed by atoms with Gasteiger partial charge in [0.1, 0.15) is 11.6 Å². The van der Waals surface area contributed by atoms with Crippen molar-refractivity contribution in [2.45, 2.75) is 38.7 Å². The van der Waals surface area contributed by atoms with Crippen molar-refractivity contribution < 1.29 is 27.7 Å². The predicted octanol–water partition coefficient (Wildman–Crippen LogP) is 0.310. The maximum absolute atomic E-state index is 10.8. The molecule has 1 saturated heterocycles. The van der Waals surface area contributed by atoms with Gasteiger partial charge in [-0.2, -0.15) is 8.42 Å². The Morgan fingerprint density at radius 3 is 2.53 bits per heavy atom. The van der Waals surface area contributed by atoms with Crippen molar-refractivity contribution in [2.24, 2.45) is 0 Å². The van der Waals surface area contributed by atoms with E-state index in [-0.39, 0.29) is 18.7 Å². The monoisotopic (exact) mass is 295 g/mol. The molecule has 0 bridgehead atoms. The highest BCUT2D eigenvalue weighted by Gasteiger charge is 2.26. The molecule has 0 spiro atoms. The van der Waals surface area contributed by atoms with Crippen LogP contribution in [0.4, 0.5) is 0 Å². The Balaban J connectivity index is 0.000000555. The molecule has 8 heteroatoms. The van der Waals surface area contributed by atoms with E-state index in [9.17, 15) is 13.2 Å².